The van der Waals surface area contributed by atoms with Crippen molar-refractivity contribution in [2.24, 2.45) is 0 Å². The molecule has 2 N–H and O–H groups in total. The highest BCUT2D eigenvalue weighted by atomic mass is 32.1. The van der Waals surface area contributed by atoms with Crippen LogP contribution in [0.2, 0.25) is 0 Å². The molecule has 14 heteroatoms. The molecule has 0 unspecified atom stereocenters. The van der Waals surface area contributed by atoms with Crippen molar-refractivity contribution >= 4 is 29.1 Å². The van der Waals surface area contributed by atoms with Crippen LogP contribution in [0.25, 0.3) is 11.3 Å². The minimum absolute atomic E-state index is 0.0121. The van der Waals surface area contributed by atoms with Gasteiger partial charge in [0.05, 0.1) is 41.4 Å². The Kier molecular flexibility index (Phi) is 9.48. The molecule has 8 bridgehead atoms. The third-order valence-electron chi connectivity index (χ3n) is 13.1. The molecule has 4 atom stereocenters. The van der Waals surface area contributed by atoms with Crippen molar-refractivity contribution in [3.8, 4) is 17.0 Å². The molecule has 3 aromatic rings. The van der Waals surface area contributed by atoms with Gasteiger partial charge in [-0.3, -0.25) is 24.2 Å². The van der Waals surface area contributed by atoms with E-state index in [1.54, 1.807) is 29.5 Å². The summed E-state index contributed by atoms with van der Waals surface area (Å²) >= 11 is 1.69. The second-order valence-corrected chi connectivity index (χ2v) is 17.5. The fourth-order valence-electron chi connectivity index (χ4n) is 10.2. The lowest BCUT2D eigenvalue weighted by Crippen LogP contribution is -2.55. The smallest absolute Gasteiger partial charge is 0.240 e. The average Bonchev–Trinajstić information content (AvgIpc) is 4.02. The molecule has 1 saturated carbocycles. The largest absolute Gasteiger partial charge is 0.508 e. The van der Waals surface area contributed by atoms with Gasteiger partial charge < -0.3 is 20.2 Å². The number of phenols is 1. The van der Waals surface area contributed by atoms with Crippen molar-refractivity contribution in [3.05, 3.63) is 46.0 Å². The number of aryl methyl sites for hydroxylation is 1. The number of nitrogens with one attached hydrogen (secondary N) is 1. The second-order valence-electron chi connectivity index (χ2n) is 16.3. The van der Waals surface area contributed by atoms with Crippen LogP contribution in [-0.4, -0.2) is 132 Å². The molecule has 7 aliphatic heterocycles. The predicted octanol–water partition coefficient (Wildman–Crippen LogP) is 3.49. The van der Waals surface area contributed by atoms with Gasteiger partial charge in [-0.15, -0.1) is 16.4 Å². The average molecular weight is 742 g/mol. The Bertz CT molecular complexity index is 1840. The monoisotopic (exact) mass is 741 g/mol. The van der Waals surface area contributed by atoms with Gasteiger partial charge in [0, 0.05) is 73.8 Å². The zero-order valence-corrected chi connectivity index (χ0v) is 31.4. The minimum Gasteiger partial charge on any atom is -0.508 e. The van der Waals surface area contributed by atoms with Crippen LogP contribution in [0.15, 0.2) is 30.5 Å². The van der Waals surface area contributed by atoms with Gasteiger partial charge in [0.15, 0.2) is 0 Å². The number of carbonyl (C=O) groups is 3. The van der Waals surface area contributed by atoms with Crippen molar-refractivity contribution in [2.45, 2.75) is 120 Å². The number of amides is 3. The van der Waals surface area contributed by atoms with E-state index in [-0.39, 0.29) is 66.0 Å². The summed E-state index contributed by atoms with van der Waals surface area (Å²) in [6, 6.07) is 7.05. The SMILES string of the molecule is Cc1sc2nc1CC(=O)N[C@@H]1C[C@@H](C(=O)N3CCC(CC3)N3C[C@@H](n4cc(-c5cccc(O)c5)nn4)C[C@H]3C(=O)N3CCC2CC3)N(C2CCCC2)C1. The molecule has 53 heavy (non-hydrogen) atoms. The van der Waals surface area contributed by atoms with Crippen molar-refractivity contribution < 1.29 is 19.5 Å². The van der Waals surface area contributed by atoms with Gasteiger partial charge in [0.1, 0.15) is 11.4 Å². The van der Waals surface area contributed by atoms with Gasteiger partial charge in [-0.05, 0) is 70.4 Å². The van der Waals surface area contributed by atoms with Gasteiger partial charge in [0.2, 0.25) is 17.7 Å². The van der Waals surface area contributed by atoms with Gasteiger partial charge in [-0.25, -0.2) is 9.67 Å². The lowest BCUT2D eigenvalue weighted by atomic mass is 9.96. The standard InChI is InChI=1S/C39H51N9O4S/c1-24-32-20-36(50)40-27-18-34(46(21-27)28-6-2-3-7-28)38(51)45-15-11-29(12-16-45)47-22-30(48-23-33(42-43-48)26-5-4-8-31(49)17-26)19-35(47)39(52)44-13-9-25(10-14-44)37(41-32)53-24/h4-5,8,17,23,25,27-30,34-35,49H,2-3,6-7,9-16,18-22H2,1H3,(H,40,50)/t27-,30+,34+,35+/m1/s1. The van der Waals surface area contributed by atoms with Gasteiger partial charge in [0.25, 0.3) is 0 Å². The number of thiazole rings is 1. The van der Waals surface area contributed by atoms with E-state index in [0.29, 0.717) is 57.3 Å². The number of hydrogen-bond donors (Lipinski definition) is 2. The number of benzene rings is 1. The number of fused-ring (bicyclic) bond motifs is 2. The molecule has 11 rings (SSSR count). The maximum Gasteiger partial charge on any atom is 0.240 e. The summed E-state index contributed by atoms with van der Waals surface area (Å²) in [5.41, 5.74) is 2.34. The van der Waals surface area contributed by atoms with E-state index in [1.807, 2.05) is 16.9 Å². The Morgan fingerprint density at radius 3 is 2.25 bits per heavy atom. The minimum atomic E-state index is -0.273. The van der Waals surface area contributed by atoms with Crippen LogP contribution in [0.1, 0.15) is 91.7 Å². The number of nitrogens with zero attached hydrogens (tertiary/aromatic N) is 8. The number of rotatable bonds is 3. The van der Waals surface area contributed by atoms with Crippen molar-refractivity contribution in [1.29, 1.82) is 0 Å². The summed E-state index contributed by atoms with van der Waals surface area (Å²) in [7, 11) is 0. The summed E-state index contributed by atoms with van der Waals surface area (Å²) in [5.74, 6) is 0.818. The summed E-state index contributed by atoms with van der Waals surface area (Å²) in [5, 5.41) is 23.4. The molecule has 8 aliphatic rings. The number of aromatic hydroxyl groups is 1. The molecular weight excluding hydrogens is 691 g/mol. The van der Waals surface area contributed by atoms with E-state index in [4.69, 9.17) is 4.98 Å². The number of phenolic OH excluding ortho intramolecular Hbond substituents is 1. The lowest BCUT2D eigenvalue weighted by molar-refractivity contribution is -0.141. The third-order valence-corrected chi connectivity index (χ3v) is 14.2. The summed E-state index contributed by atoms with van der Waals surface area (Å²) < 4.78 is 1.91. The van der Waals surface area contributed by atoms with Crippen LogP contribution < -0.4 is 5.32 Å². The fourth-order valence-corrected chi connectivity index (χ4v) is 11.3. The first-order valence-electron chi connectivity index (χ1n) is 19.8. The van der Waals surface area contributed by atoms with Crippen LogP contribution >= 0.6 is 11.3 Å². The Morgan fingerprint density at radius 1 is 0.830 bits per heavy atom. The third kappa shape index (κ3) is 6.86. The van der Waals surface area contributed by atoms with E-state index >= 15 is 0 Å². The maximum absolute atomic E-state index is 14.5. The Labute approximate surface area is 314 Å². The molecule has 0 spiro atoms. The molecule has 1 aromatic carbocycles. The number of hydrogen-bond acceptors (Lipinski definition) is 10. The van der Waals surface area contributed by atoms with Crippen LogP contribution in [-0.2, 0) is 20.8 Å². The molecule has 1 aliphatic carbocycles. The molecule has 3 amide bonds. The molecule has 5 fully saturated rings. The van der Waals surface area contributed by atoms with Crippen LogP contribution in [0.5, 0.6) is 5.75 Å². The van der Waals surface area contributed by atoms with Gasteiger partial charge in [-0.2, -0.15) is 0 Å². The number of aromatic nitrogens is 4. The molecule has 9 heterocycles. The predicted molar refractivity (Wildman–Crippen MR) is 199 cm³/mol. The second kappa shape index (κ2) is 14.4. The zero-order valence-electron chi connectivity index (χ0n) is 30.6. The molecule has 0 radical (unpaired) electrons. The summed E-state index contributed by atoms with van der Waals surface area (Å²) in [6.07, 6.45) is 11.4. The summed E-state index contributed by atoms with van der Waals surface area (Å²) in [4.78, 5) is 57.3. The van der Waals surface area contributed by atoms with Crippen LogP contribution in [0.3, 0.4) is 0 Å². The van der Waals surface area contributed by atoms with E-state index in [0.717, 1.165) is 66.2 Å². The van der Waals surface area contributed by atoms with Crippen LogP contribution in [0.4, 0.5) is 0 Å². The summed E-state index contributed by atoms with van der Waals surface area (Å²) in [6.45, 7) is 6.17. The van der Waals surface area contributed by atoms with E-state index < -0.39 is 0 Å². The Balaban J connectivity index is 0.992. The van der Waals surface area contributed by atoms with E-state index in [2.05, 4.69) is 42.2 Å². The highest BCUT2D eigenvalue weighted by molar-refractivity contribution is 7.11. The quantitative estimate of drug-likeness (QED) is 0.413. The van der Waals surface area contributed by atoms with Crippen LogP contribution in [0, 0.1) is 6.92 Å². The first-order valence-corrected chi connectivity index (χ1v) is 20.6. The van der Waals surface area contributed by atoms with Crippen molar-refractivity contribution in [3.63, 3.8) is 0 Å². The fraction of sp³-hybridized carbons (Fsp3) is 0.641. The van der Waals surface area contributed by atoms with E-state index in [9.17, 15) is 19.5 Å². The van der Waals surface area contributed by atoms with Gasteiger partial charge >= 0.3 is 0 Å². The molecule has 2 aromatic heterocycles. The first-order chi connectivity index (χ1) is 25.8. The molecular formula is C39H51N9O4S. The topological polar surface area (TPSA) is 140 Å². The normalized spacial score (nSPS) is 30.6. The number of carbonyl (C=O) groups excluding carboxylic acids is 3. The first kappa shape index (κ1) is 34.9. The maximum atomic E-state index is 14.5. The van der Waals surface area contributed by atoms with Crippen molar-refractivity contribution in [2.75, 3.05) is 39.3 Å². The number of likely N-dealkylation sites (tertiary alicyclic amines) is 1. The highest BCUT2D eigenvalue weighted by Gasteiger charge is 2.47. The molecule has 282 valence electrons. The Hall–Kier alpha value is -3.88. The number of piperidine rings is 2. The zero-order chi connectivity index (χ0) is 36.2. The lowest BCUT2D eigenvalue weighted by Gasteiger charge is -2.42. The molecule has 4 saturated heterocycles. The van der Waals surface area contributed by atoms with Gasteiger partial charge in [-0.1, -0.05) is 30.2 Å². The molecule has 13 nitrogen and oxygen atoms in total. The highest BCUT2D eigenvalue weighted by Crippen LogP contribution is 2.38. The Morgan fingerprint density at radius 2 is 1.51 bits per heavy atom. The van der Waals surface area contributed by atoms with Crippen molar-refractivity contribution in [1.82, 2.24) is 44.9 Å². The van der Waals surface area contributed by atoms with E-state index in [1.165, 1.54) is 12.8 Å².